The zero-order valence-corrected chi connectivity index (χ0v) is 9.40. The van der Waals surface area contributed by atoms with Gasteiger partial charge in [0.25, 0.3) is 0 Å². The van der Waals surface area contributed by atoms with E-state index in [0.29, 0.717) is 0 Å². The van der Waals surface area contributed by atoms with Crippen molar-refractivity contribution in [2.45, 2.75) is 12.8 Å². The molecule has 1 aromatic heterocycles. The molecule has 5 nitrogen and oxygen atoms in total. The van der Waals surface area contributed by atoms with E-state index in [9.17, 15) is 18.0 Å². The topological polar surface area (TPSA) is 72.6 Å². The Kier molecular flexibility index (Phi) is 3.43. The molecule has 1 N–H and O–H groups in total. The highest BCUT2D eigenvalue weighted by Crippen LogP contribution is 2.31. The summed E-state index contributed by atoms with van der Waals surface area (Å²) in [7, 11) is 0. The summed E-state index contributed by atoms with van der Waals surface area (Å²) in [4.78, 5) is 14.0. The maximum absolute atomic E-state index is 12.5. The number of aliphatic carboxylic acids is 1. The Labute approximate surface area is 104 Å². The highest BCUT2D eigenvalue weighted by molar-refractivity contribution is 5.73. The second-order valence-electron chi connectivity index (χ2n) is 3.67. The van der Waals surface area contributed by atoms with Gasteiger partial charge in [0.2, 0.25) is 5.89 Å². The first kappa shape index (κ1) is 13.3. The Hall–Kier alpha value is -2.09. The van der Waals surface area contributed by atoms with Crippen LogP contribution >= 0.6 is 0 Å². The fourth-order valence-electron chi connectivity index (χ4n) is 1.44. The van der Waals surface area contributed by atoms with Gasteiger partial charge in [0.1, 0.15) is 18.7 Å². The highest BCUT2D eigenvalue weighted by Gasteiger charge is 2.31. The van der Waals surface area contributed by atoms with Crippen molar-refractivity contribution in [2.75, 3.05) is 6.61 Å². The number of carboxylic acids is 1. The summed E-state index contributed by atoms with van der Waals surface area (Å²) < 4.78 is 47.2. The molecule has 0 spiro atoms. The zero-order chi connectivity index (χ0) is 14.0. The third-order valence-electron chi connectivity index (χ3n) is 2.21. The molecule has 0 radical (unpaired) electrons. The summed E-state index contributed by atoms with van der Waals surface area (Å²) in [6.07, 6.45) is -4.45. The lowest BCUT2D eigenvalue weighted by atomic mass is 10.2. The molecule has 0 fully saturated rings. The van der Waals surface area contributed by atoms with Crippen molar-refractivity contribution in [3.63, 3.8) is 0 Å². The van der Waals surface area contributed by atoms with Crippen LogP contribution in [0.4, 0.5) is 13.2 Å². The SMILES string of the molecule is O=C(O)COCc1nc2cc(C(F)(F)F)ccc2o1. The number of carbonyl (C=O) groups is 1. The lowest BCUT2D eigenvalue weighted by molar-refractivity contribution is -0.143. The summed E-state index contributed by atoms with van der Waals surface area (Å²) in [5, 5.41) is 8.36. The van der Waals surface area contributed by atoms with E-state index in [1.165, 1.54) is 0 Å². The molecule has 0 atom stereocenters. The van der Waals surface area contributed by atoms with Crippen LogP contribution in [0.5, 0.6) is 0 Å². The fraction of sp³-hybridized carbons (Fsp3) is 0.273. The van der Waals surface area contributed by atoms with Crippen LogP contribution in [0.1, 0.15) is 11.5 Å². The molecule has 0 saturated carbocycles. The normalized spacial score (nSPS) is 11.9. The van der Waals surface area contributed by atoms with Gasteiger partial charge in [0.15, 0.2) is 5.58 Å². The first-order valence-electron chi connectivity index (χ1n) is 5.12. The molecule has 0 unspecified atom stereocenters. The standard InChI is InChI=1S/C11H8F3NO4/c12-11(13,14)6-1-2-8-7(3-6)15-9(19-8)4-18-5-10(16)17/h1-3H,4-5H2,(H,16,17). The Morgan fingerprint density at radius 3 is 2.79 bits per heavy atom. The number of ether oxygens (including phenoxy) is 1. The number of benzene rings is 1. The monoisotopic (exact) mass is 275 g/mol. The Morgan fingerprint density at radius 2 is 2.16 bits per heavy atom. The first-order valence-corrected chi connectivity index (χ1v) is 5.12. The fourth-order valence-corrected chi connectivity index (χ4v) is 1.44. The molecule has 0 aliphatic carbocycles. The van der Waals surface area contributed by atoms with Crippen LogP contribution in [0.3, 0.4) is 0 Å². The molecule has 0 amide bonds. The van der Waals surface area contributed by atoms with Crippen molar-refractivity contribution in [3.05, 3.63) is 29.7 Å². The number of hydrogen-bond donors (Lipinski definition) is 1. The average Bonchev–Trinajstić information content (AvgIpc) is 2.68. The molecular formula is C11H8F3NO4. The minimum atomic E-state index is -4.45. The van der Waals surface area contributed by atoms with Crippen molar-refractivity contribution >= 4 is 17.1 Å². The number of alkyl halides is 3. The summed E-state index contributed by atoms with van der Waals surface area (Å²) >= 11 is 0. The second kappa shape index (κ2) is 4.88. The third kappa shape index (κ3) is 3.22. The van der Waals surface area contributed by atoms with E-state index in [-0.39, 0.29) is 23.6 Å². The molecule has 8 heteroatoms. The molecule has 19 heavy (non-hydrogen) atoms. The van der Waals surface area contributed by atoms with Gasteiger partial charge in [-0.05, 0) is 18.2 Å². The van der Waals surface area contributed by atoms with E-state index in [0.717, 1.165) is 18.2 Å². The maximum atomic E-state index is 12.5. The molecule has 0 aliphatic heterocycles. The van der Waals surface area contributed by atoms with Crippen LogP contribution in [-0.4, -0.2) is 22.7 Å². The van der Waals surface area contributed by atoms with Gasteiger partial charge in [-0.15, -0.1) is 0 Å². The van der Waals surface area contributed by atoms with Gasteiger partial charge < -0.3 is 14.3 Å². The van der Waals surface area contributed by atoms with Crippen molar-refractivity contribution in [1.29, 1.82) is 0 Å². The predicted molar refractivity (Wildman–Crippen MR) is 56.3 cm³/mol. The Balaban J connectivity index is 2.18. The Bertz CT molecular complexity index is 605. The van der Waals surface area contributed by atoms with Crippen LogP contribution in [0.25, 0.3) is 11.1 Å². The van der Waals surface area contributed by atoms with Crippen LogP contribution in [0.2, 0.25) is 0 Å². The molecule has 2 aromatic rings. The van der Waals surface area contributed by atoms with E-state index < -0.39 is 24.3 Å². The summed E-state index contributed by atoms with van der Waals surface area (Å²) in [5.41, 5.74) is -0.600. The van der Waals surface area contributed by atoms with Crippen molar-refractivity contribution < 1.29 is 32.2 Å². The molecule has 1 aromatic carbocycles. The molecule has 1 heterocycles. The zero-order valence-electron chi connectivity index (χ0n) is 9.40. The summed E-state index contributed by atoms with van der Waals surface area (Å²) in [6, 6.07) is 2.90. The smallest absolute Gasteiger partial charge is 0.416 e. The van der Waals surface area contributed by atoms with E-state index in [1.54, 1.807) is 0 Å². The highest BCUT2D eigenvalue weighted by atomic mass is 19.4. The van der Waals surface area contributed by atoms with E-state index >= 15 is 0 Å². The van der Waals surface area contributed by atoms with Gasteiger partial charge in [0, 0.05) is 0 Å². The minimum absolute atomic E-state index is 0.0237. The van der Waals surface area contributed by atoms with Crippen molar-refractivity contribution in [1.82, 2.24) is 4.98 Å². The van der Waals surface area contributed by atoms with Crippen LogP contribution in [-0.2, 0) is 22.3 Å². The van der Waals surface area contributed by atoms with Gasteiger partial charge in [0.05, 0.1) is 5.56 Å². The van der Waals surface area contributed by atoms with Crippen LogP contribution in [0, 0.1) is 0 Å². The van der Waals surface area contributed by atoms with Crippen LogP contribution in [0.15, 0.2) is 22.6 Å². The number of hydrogen-bond acceptors (Lipinski definition) is 4. The maximum Gasteiger partial charge on any atom is 0.416 e. The summed E-state index contributed by atoms with van der Waals surface area (Å²) in [6.45, 7) is -0.755. The molecule has 0 bridgehead atoms. The van der Waals surface area contributed by atoms with Gasteiger partial charge in [-0.25, -0.2) is 9.78 Å². The molecular weight excluding hydrogens is 267 g/mol. The van der Waals surface area contributed by atoms with Crippen molar-refractivity contribution in [3.8, 4) is 0 Å². The van der Waals surface area contributed by atoms with Gasteiger partial charge >= 0.3 is 12.1 Å². The molecule has 0 aliphatic rings. The number of fused-ring (bicyclic) bond motifs is 1. The largest absolute Gasteiger partial charge is 0.480 e. The van der Waals surface area contributed by atoms with E-state index in [4.69, 9.17) is 14.3 Å². The Morgan fingerprint density at radius 1 is 1.42 bits per heavy atom. The number of halogens is 3. The summed E-state index contributed by atoms with van der Waals surface area (Å²) in [5.74, 6) is -1.13. The quantitative estimate of drug-likeness (QED) is 0.927. The predicted octanol–water partition coefficient (Wildman–Crippen LogP) is 2.45. The van der Waals surface area contributed by atoms with E-state index in [2.05, 4.69) is 4.98 Å². The molecule has 2 rings (SSSR count). The van der Waals surface area contributed by atoms with Crippen molar-refractivity contribution in [2.24, 2.45) is 0 Å². The van der Waals surface area contributed by atoms with Crippen LogP contribution < -0.4 is 0 Å². The van der Waals surface area contributed by atoms with Gasteiger partial charge in [-0.1, -0.05) is 0 Å². The average molecular weight is 275 g/mol. The van der Waals surface area contributed by atoms with Gasteiger partial charge in [-0.2, -0.15) is 13.2 Å². The number of oxazole rings is 1. The lowest BCUT2D eigenvalue weighted by Crippen LogP contribution is -2.06. The molecule has 102 valence electrons. The van der Waals surface area contributed by atoms with Gasteiger partial charge in [-0.3, -0.25) is 0 Å². The molecule has 0 saturated heterocycles. The number of carboxylic acid groups (broad SMARTS) is 1. The number of aromatic nitrogens is 1. The number of nitrogens with zero attached hydrogens (tertiary/aromatic N) is 1. The van der Waals surface area contributed by atoms with E-state index in [1.807, 2.05) is 0 Å². The second-order valence-corrected chi connectivity index (χ2v) is 3.67. The third-order valence-corrected chi connectivity index (χ3v) is 2.21. The minimum Gasteiger partial charge on any atom is -0.480 e. The lowest BCUT2D eigenvalue weighted by Gasteiger charge is -2.04. The first-order chi connectivity index (χ1) is 8.86. The number of rotatable bonds is 4.